The van der Waals surface area contributed by atoms with Crippen molar-refractivity contribution in [1.29, 1.82) is 0 Å². The van der Waals surface area contributed by atoms with Gasteiger partial charge in [0, 0.05) is 53.0 Å². The number of rotatable bonds is 7. The van der Waals surface area contributed by atoms with Crippen molar-refractivity contribution in [2.75, 3.05) is 59.6 Å². The molecule has 0 aliphatic carbocycles. The van der Waals surface area contributed by atoms with E-state index in [9.17, 15) is 4.79 Å². The van der Waals surface area contributed by atoms with Gasteiger partial charge in [-0.2, -0.15) is 0 Å². The summed E-state index contributed by atoms with van der Waals surface area (Å²) in [5, 5.41) is 3.38. The summed E-state index contributed by atoms with van der Waals surface area (Å²) in [5.41, 5.74) is 0. The molecule has 8 heteroatoms. The van der Waals surface area contributed by atoms with Crippen molar-refractivity contribution in [3.63, 3.8) is 0 Å². The summed E-state index contributed by atoms with van der Waals surface area (Å²) in [6.07, 6.45) is 4.99. The van der Waals surface area contributed by atoms with Gasteiger partial charge in [-0.25, -0.2) is 0 Å². The largest absolute Gasteiger partial charge is 0.459 e. The smallest absolute Gasteiger partial charge is 0.289 e. The molecular formula is C19H30N4O4. The van der Waals surface area contributed by atoms with Crippen LogP contribution in [-0.2, 0) is 9.47 Å². The molecule has 2 aliphatic rings. The second kappa shape index (κ2) is 10.3. The van der Waals surface area contributed by atoms with E-state index in [4.69, 9.17) is 13.9 Å². The molecule has 1 aromatic rings. The first kappa shape index (κ1) is 19.7. The summed E-state index contributed by atoms with van der Waals surface area (Å²) in [4.78, 5) is 20.7. The van der Waals surface area contributed by atoms with Crippen molar-refractivity contribution in [1.82, 2.24) is 15.1 Å². The van der Waals surface area contributed by atoms with E-state index in [1.54, 1.807) is 19.2 Å². The van der Waals surface area contributed by atoms with Crippen LogP contribution in [0.3, 0.4) is 0 Å². The highest BCUT2D eigenvalue weighted by Crippen LogP contribution is 2.12. The van der Waals surface area contributed by atoms with Crippen molar-refractivity contribution in [3.8, 4) is 0 Å². The third-order valence-electron chi connectivity index (χ3n) is 4.89. The summed E-state index contributed by atoms with van der Waals surface area (Å²) in [6.45, 7) is 5.91. The Morgan fingerprint density at radius 3 is 2.81 bits per heavy atom. The molecule has 1 amide bonds. The van der Waals surface area contributed by atoms with Crippen LogP contribution in [0.25, 0.3) is 0 Å². The molecule has 0 saturated carbocycles. The van der Waals surface area contributed by atoms with E-state index in [-0.39, 0.29) is 12.0 Å². The number of carbonyl (C=O) groups excluding carboxylic acids is 1. The van der Waals surface area contributed by atoms with Crippen LogP contribution in [0.5, 0.6) is 0 Å². The lowest BCUT2D eigenvalue weighted by Crippen LogP contribution is -2.53. The van der Waals surface area contributed by atoms with Gasteiger partial charge in [0.2, 0.25) is 0 Å². The maximum atomic E-state index is 12.3. The van der Waals surface area contributed by atoms with Gasteiger partial charge >= 0.3 is 0 Å². The number of nitrogens with zero attached hydrogens (tertiary/aromatic N) is 3. The molecule has 3 rings (SSSR count). The molecule has 1 unspecified atom stereocenters. The summed E-state index contributed by atoms with van der Waals surface area (Å²) in [5.74, 6) is 1.22. The molecule has 27 heavy (non-hydrogen) atoms. The van der Waals surface area contributed by atoms with Gasteiger partial charge in [0.1, 0.15) is 0 Å². The van der Waals surface area contributed by atoms with Crippen LogP contribution < -0.4 is 5.32 Å². The van der Waals surface area contributed by atoms with Crippen molar-refractivity contribution in [2.24, 2.45) is 4.99 Å². The molecular weight excluding hydrogens is 348 g/mol. The van der Waals surface area contributed by atoms with Gasteiger partial charge in [0.25, 0.3) is 5.91 Å². The maximum absolute atomic E-state index is 12.3. The van der Waals surface area contributed by atoms with E-state index in [1.807, 2.05) is 4.90 Å². The molecule has 0 radical (unpaired) electrons. The van der Waals surface area contributed by atoms with Gasteiger partial charge in [0.15, 0.2) is 11.7 Å². The third-order valence-corrected chi connectivity index (χ3v) is 4.89. The van der Waals surface area contributed by atoms with Crippen molar-refractivity contribution in [3.05, 3.63) is 24.2 Å². The molecule has 1 atom stereocenters. The number of furan rings is 1. The minimum Gasteiger partial charge on any atom is -0.459 e. The lowest BCUT2D eigenvalue weighted by atomic mass is 10.2. The Balaban J connectivity index is 1.31. The highest BCUT2D eigenvalue weighted by Gasteiger charge is 2.25. The highest BCUT2D eigenvalue weighted by molar-refractivity contribution is 5.91. The summed E-state index contributed by atoms with van der Waals surface area (Å²) < 4.78 is 16.4. The minimum absolute atomic E-state index is 0.0500. The fraction of sp³-hybridized carbons (Fsp3) is 0.684. The van der Waals surface area contributed by atoms with Crippen LogP contribution >= 0.6 is 0 Å². The Labute approximate surface area is 160 Å². The van der Waals surface area contributed by atoms with Gasteiger partial charge in [0.05, 0.1) is 19.0 Å². The van der Waals surface area contributed by atoms with Gasteiger partial charge in [-0.3, -0.25) is 9.79 Å². The molecule has 0 aromatic carbocycles. The molecule has 2 fully saturated rings. The van der Waals surface area contributed by atoms with Gasteiger partial charge in [-0.15, -0.1) is 0 Å². The number of hydrogen-bond acceptors (Lipinski definition) is 5. The van der Waals surface area contributed by atoms with E-state index in [2.05, 4.69) is 15.2 Å². The first-order chi connectivity index (χ1) is 13.3. The third kappa shape index (κ3) is 5.71. The van der Waals surface area contributed by atoms with Gasteiger partial charge in [-0.05, 0) is 31.4 Å². The fourth-order valence-corrected chi connectivity index (χ4v) is 3.37. The second-order valence-corrected chi connectivity index (χ2v) is 6.79. The van der Waals surface area contributed by atoms with Crippen LogP contribution in [0, 0.1) is 0 Å². The number of aliphatic imine (C=N–C) groups is 1. The number of ether oxygens (including phenoxy) is 2. The van der Waals surface area contributed by atoms with E-state index in [0.29, 0.717) is 25.5 Å². The first-order valence-corrected chi connectivity index (χ1v) is 9.75. The van der Waals surface area contributed by atoms with Crippen LogP contribution in [0.2, 0.25) is 0 Å². The number of amides is 1. The minimum atomic E-state index is -0.0500. The molecule has 2 aliphatic heterocycles. The molecule has 1 aromatic heterocycles. The Bertz CT molecular complexity index is 591. The highest BCUT2D eigenvalue weighted by atomic mass is 16.5. The molecule has 0 spiro atoms. The number of hydrogen-bond donors (Lipinski definition) is 1. The zero-order valence-corrected chi connectivity index (χ0v) is 16.1. The molecule has 8 nitrogen and oxygen atoms in total. The topological polar surface area (TPSA) is 79.5 Å². The van der Waals surface area contributed by atoms with Crippen LogP contribution in [0.1, 0.15) is 29.8 Å². The Morgan fingerprint density at radius 2 is 2.15 bits per heavy atom. The molecule has 3 heterocycles. The van der Waals surface area contributed by atoms with Crippen molar-refractivity contribution in [2.45, 2.75) is 25.4 Å². The monoisotopic (exact) mass is 378 g/mol. The van der Waals surface area contributed by atoms with Gasteiger partial charge in [-0.1, -0.05) is 0 Å². The number of guanidine groups is 1. The van der Waals surface area contributed by atoms with E-state index in [0.717, 1.165) is 58.1 Å². The fourth-order valence-electron chi connectivity index (χ4n) is 3.37. The number of nitrogens with one attached hydrogen (secondary N) is 1. The van der Waals surface area contributed by atoms with Crippen LogP contribution in [0.15, 0.2) is 27.8 Å². The van der Waals surface area contributed by atoms with Crippen molar-refractivity contribution < 1.29 is 18.7 Å². The summed E-state index contributed by atoms with van der Waals surface area (Å²) >= 11 is 0. The summed E-state index contributed by atoms with van der Waals surface area (Å²) in [7, 11) is 1.79. The zero-order valence-electron chi connectivity index (χ0n) is 16.1. The van der Waals surface area contributed by atoms with E-state index >= 15 is 0 Å². The Kier molecular flexibility index (Phi) is 7.53. The average molecular weight is 378 g/mol. The lowest BCUT2D eigenvalue weighted by Gasteiger charge is -2.36. The van der Waals surface area contributed by atoms with E-state index in [1.165, 1.54) is 6.26 Å². The average Bonchev–Trinajstić information content (AvgIpc) is 3.41. The summed E-state index contributed by atoms with van der Waals surface area (Å²) in [6, 6.07) is 3.44. The van der Waals surface area contributed by atoms with Gasteiger partial charge < -0.3 is 29.0 Å². The molecule has 150 valence electrons. The first-order valence-electron chi connectivity index (χ1n) is 9.75. The SMILES string of the molecule is CN=C(NCCCOCC1CCCO1)N1CCN(C(=O)c2ccco2)CC1. The number of carbonyl (C=O) groups is 1. The Hall–Kier alpha value is -2.06. The molecule has 2 saturated heterocycles. The normalized spacial score (nSPS) is 20.9. The standard InChI is InChI=1S/C19H30N4O4/c1-20-19(21-7-4-12-25-15-16-5-2-13-26-16)23-10-8-22(9-11-23)18(24)17-6-3-14-27-17/h3,6,14,16H,2,4-5,7-13,15H2,1H3,(H,20,21). The maximum Gasteiger partial charge on any atom is 0.289 e. The zero-order chi connectivity index (χ0) is 18.9. The van der Waals surface area contributed by atoms with E-state index < -0.39 is 0 Å². The quantitative estimate of drug-likeness (QED) is 0.436. The predicted octanol–water partition coefficient (Wildman–Crippen LogP) is 1.20. The van der Waals surface area contributed by atoms with Crippen LogP contribution in [0.4, 0.5) is 0 Å². The predicted molar refractivity (Wildman–Crippen MR) is 102 cm³/mol. The van der Waals surface area contributed by atoms with Crippen molar-refractivity contribution >= 4 is 11.9 Å². The van der Waals surface area contributed by atoms with Crippen LogP contribution in [-0.4, -0.2) is 87.4 Å². The molecule has 0 bridgehead atoms. The number of piperazine rings is 1. The Morgan fingerprint density at radius 1 is 1.33 bits per heavy atom. The second-order valence-electron chi connectivity index (χ2n) is 6.79. The molecule has 1 N–H and O–H groups in total. The lowest BCUT2D eigenvalue weighted by molar-refractivity contribution is 0.0168.